The number of hydrogen-bond donors (Lipinski definition) is 0. The van der Waals surface area contributed by atoms with Gasteiger partial charge in [-0.05, 0) is 42.8 Å². The smallest absolute Gasteiger partial charge is 0.191 e. The summed E-state index contributed by atoms with van der Waals surface area (Å²) < 4.78 is 7.48. The van der Waals surface area contributed by atoms with E-state index in [4.69, 9.17) is 39.5 Å². The molecule has 0 aliphatic rings. The van der Waals surface area contributed by atoms with Crippen LogP contribution in [-0.4, -0.2) is 21.9 Å². The van der Waals surface area contributed by atoms with Gasteiger partial charge in [0.25, 0.3) is 0 Å². The lowest BCUT2D eigenvalue weighted by Gasteiger charge is -2.11. The van der Waals surface area contributed by atoms with Crippen molar-refractivity contribution in [1.29, 1.82) is 0 Å². The number of methoxy groups -OCH3 is 1. The first-order chi connectivity index (χ1) is 12.5. The van der Waals surface area contributed by atoms with Crippen LogP contribution < -0.4 is 4.74 Å². The maximum Gasteiger partial charge on any atom is 0.191 e. The van der Waals surface area contributed by atoms with Crippen LogP contribution >= 0.6 is 46.6 Å². The van der Waals surface area contributed by atoms with Crippen molar-refractivity contribution in [1.82, 2.24) is 14.8 Å². The van der Waals surface area contributed by atoms with Crippen molar-refractivity contribution in [3.05, 3.63) is 57.0 Å². The van der Waals surface area contributed by atoms with E-state index in [2.05, 4.69) is 10.2 Å². The number of nitrogens with zero attached hydrogens (tertiary/aromatic N) is 3. The Hall–Kier alpha value is -1.40. The molecule has 0 saturated carbocycles. The first kappa shape index (κ1) is 19.4. The number of rotatable bonds is 6. The quantitative estimate of drug-likeness (QED) is 0.437. The van der Waals surface area contributed by atoms with Gasteiger partial charge in [0.15, 0.2) is 11.0 Å². The molecule has 0 spiro atoms. The van der Waals surface area contributed by atoms with Crippen LogP contribution in [0.25, 0.3) is 11.4 Å². The lowest BCUT2D eigenvalue weighted by Crippen LogP contribution is -2.01. The van der Waals surface area contributed by atoms with E-state index >= 15 is 0 Å². The predicted molar refractivity (Wildman–Crippen MR) is 109 cm³/mol. The highest BCUT2D eigenvalue weighted by molar-refractivity contribution is 7.98. The largest absolute Gasteiger partial charge is 0.496 e. The molecule has 2 aromatic carbocycles. The molecule has 26 heavy (non-hydrogen) atoms. The summed E-state index contributed by atoms with van der Waals surface area (Å²) in [5.41, 5.74) is 1.88. The van der Waals surface area contributed by atoms with Crippen LogP contribution in [0.4, 0.5) is 0 Å². The predicted octanol–water partition coefficient (Wildman–Crippen LogP) is 6.23. The van der Waals surface area contributed by atoms with Crippen molar-refractivity contribution in [3.63, 3.8) is 0 Å². The second-order valence-corrected chi connectivity index (χ2v) is 7.63. The SMILES string of the molecule is CCn1c(SCc2ccc(Cl)c(Cl)c2)nnc1-c1cc(Cl)ccc1OC. The number of halogens is 3. The molecule has 0 unspecified atom stereocenters. The Morgan fingerprint density at radius 3 is 2.54 bits per heavy atom. The van der Waals surface area contributed by atoms with E-state index in [0.29, 0.717) is 26.6 Å². The minimum atomic E-state index is 0.547. The minimum absolute atomic E-state index is 0.547. The van der Waals surface area contributed by atoms with Crippen LogP contribution in [0.3, 0.4) is 0 Å². The zero-order valence-corrected chi connectivity index (χ0v) is 17.3. The fraction of sp³-hybridized carbons (Fsp3) is 0.222. The second-order valence-electron chi connectivity index (χ2n) is 5.43. The van der Waals surface area contributed by atoms with Gasteiger partial charge in [0.05, 0.1) is 22.7 Å². The topological polar surface area (TPSA) is 39.9 Å². The highest BCUT2D eigenvalue weighted by Crippen LogP contribution is 2.34. The van der Waals surface area contributed by atoms with Gasteiger partial charge >= 0.3 is 0 Å². The molecule has 3 rings (SSSR count). The van der Waals surface area contributed by atoms with Gasteiger partial charge in [-0.1, -0.05) is 52.6 Å². The van der Waals surface area contributed by atoms with Crippen molar-refractivity contribution in [2.45, 2.75) is 24.4 Å². The summed E-state index contributed by atoms with van der Waals surface area (Å²) in [5.74, 6) is 2.14. The van der Waals surface area contributed by atoms with Crippen molar-refractivity contribution in [3.8, 4) is 17.1 Å². The van der Waals surface area contributed by atoms with Crippen molar-refractivity contribution >= 4 is 46.6 Å². The molecule has 0 fully saturated rings. The molecule has 0 N–H and O–H groups in total. The number of ether oxygens (including phenoxy) is 1. The molecule has 0 amide bonds. The second kappa shape index (κ2) is 8.53. The van der Waals surface area contributed by atoms with Gasteiger partial charge in [-0.3, -0.25) is 0 Å². The van der Waals surface area contributed by atoms with Crippen LogP contribution in [0.15, 0.2) is 41.6 Å². The standard InChI is InChI=1S/C18H16Cl3N3OS/c1-3-24-17(13-9-12(19)5-7-16(13)25-2)22-23-18(24)26-10-11-4-6-14(20)15(21)8-11/h4-9H,3,10H2,1-2H3. The van der Waals surface area contributed by atoms with E-state index in [1.54, 1.807) is 31.0 Å². The van der Waals surface area contributed by atoms with Gasteiger partial charge in [0.2, 0.25) is 0 Å². The van der Waals surface area contributed by atoms with Crippen LogP contribution in [0, 0.1) is 0 Å². The van der Waals surface area contributed by atoms with Crippen LogP contribution in [-0.2, 0) is 12.3 Å². The maximum absolute atomic E-state index is 6.15. The first-order valence-corrected chi connectivity index (χ1v) is 9.99. The van der Waals surface area contributed by atoms with E-state index < -0.39 is 0 Å². The third kappa shape index (κ3) is 4.12. The van der Waals surface area contributed by atoms with E-state index in [0.717, 1.165) is 28.7 Å². The normalized spacial score (nSPS) is 11.0. The lowest BCUT2D eigenvalue weighted by molar-refractivity contribution is 0.416. The monoisotopic (exact) mass is 427 g/mol. The highest BCUT2D eigenvalue weighted by Gasteiger charge is 2.17. The summed E-state index contributed by atoms with van der Waals surface area (Å²) in [6.07, 6.45) is 0. The van der Waals surface area contributed by atoms with Gasteiger partial charge in [-0.25, -0.2) is 0 Å². The highest BCUT2D eigenvalue weighted by atomic mass is 35.5. The van der Waals surface area contributed by atoms with Crippen molar-refractivity contribution in [2.24, 2.45) is 0 Å². The lowest BCUT2D eigenvalue weighted by atomic mass is 10.2. The average Bonchev–Trinajstić information content (AvgIpc) is 3.05. The summed E-state index contributed by atoms with van der Waals surface area (Å²) in [4.78, 5) is 0. The van der Waals surface area contributed by atoms with E-state index in [-0.39, 0.29) is 0 Å². The molecule has 0 bridgehead atoms. The molecule has 1 aromatic heterocycles. The van der Waals surface area contributed by atoms with Crippen molar-refractivity contribution in [2.75, 3.05) is 7.11 Å². The van der Waals surface area contributed by atoms with E-state index in [1.807, 2.05) is 35.8 Å². The molecule has 136 valence electrons. The Morgan fingerprint density at radius 2 is 1.85 bits per heavy atom. The van der Waals surface area contributed by atoms with Crippen LogP contribution in [0.2, 0.25) is 15.1 Å². The molecule has 0 saturated heterocycles. The molecule has 3 aromatic rings. The third-order valence-electron chi connectivity index (χ3n) is 3.79. The molecular formula is C18H16Cl3N3OS. The van der Waals surface area contributed by atoms with Crippen LogP contribution in [0.1, 0.15) is 12.5 Å². The summed E-state index contributed by atoms with van der Waals surface area (Å²) in [7, 11) is 1.62. The summed E-state index contributed by atoms with van der Waals surface area (Å²) in [6.45, 7) is 2.77. The summed E-state index contributed by atoms with van der Waals surface area (Å²) >= 11 is 19.8. The minimum Gasteiger partial charge on any atom is -0.496 e. The molecule has 8 heteroatoms. The average molecular weight is 429 g/mol. The Bertz CT molecular complexity index is 930. The summed E-state index contributed by atoms with van der Waals surface area (Å²) in [6, 6.07) is 11.1. The van der Waals surface area contributed by atoms with Crippen molar-refractivity contribution < 1.29 is 4.74 Å². The zero-order chi connectivity index (χ0) is 18.7. The Morgan fingerprint density at radius 1 is 1.04 bits per heavy atom. The zero-order valence-electron chi connectivity index (χ0n) is 14.2. The fourth-order valence-corrected chi connectivity index (χ4v) is 3.95. The fourth-order valence-electron chi connectivity index (χ4n) is 2.51. The Labute approximate surface area is 171 Å². The maximum atomic E-state index is 6.15. The van der Waals surface area contributed by atoms with Crippen LogP contribution in [0.5, 0.6) is 5.75 Å². The number of aromatic nitrogens is 3. The third-order valence-corrected chi connectivity index (χ3v) is 5.80. The molecule has 4 nitrogen and oxygen atoms in total. The number of benzene rings is 2. The molecule has 0 aliphatic heterocycles. The van der Waals surface area contributed by atoms with E-state index in [1.165, 1.54) is 0 Å². The van der Waals surface area contributed by atoms with Gasteiger partial charge in [-0.2, -0.15) is 0 Å². The summed E-state index contributed by atoms with van der Waals surface area (Å²) in [5, 5.41) is 11.2. The van der Waals surface area contributed by atoms with Gasteiger partial charge in [0, 0.05) is 17.3 Å². The first-order valence-electron chi connectivity index (χ1n) is 7.87. The van der Waals surface area contributed by atoms with E-state index in [9.17, 15) is 0 Å². The van der Waals surface area contributed by atoms with Gasteiger partial charge in [-0.15, -0.1) is 10.2 Å². The Balaban J connectivity index is 1.89. The molecule has 0 aliphatic carbocycles. The molecule has 1 heterocycles. The van der Waals surface area contributed by atoms with Gasteiger partial charge in [0.1, 0.15) is 5.75 Å². The molecule has 0 radical (unpaired) electrons. The van der Waals surface area contributed by atoms with Gasteiger partial charge < -0.3 is 9.30 Å². The molecule has 0 atom stereocenters. The Kier molecular flexibility index (Phi) is 6.35. The number of hydrogen-bond acceptors (Lipinski definition) is 4. The number of thioether (sulfide) groups is 1. The molecular weight excluding hydrogens is 413 g/mol.